The van der Waals surface area contributed by atoms with Gasteiger partial charge in [-0.2, -0.15) is 0 Å². The largest absolute Gasteiger partial charge is 0.392 e. The van der Waals surface area contributed by atoms with Gasteiger partial charge in [-0.15, -0.1) is 0 Å². The molecular formula is C16H20FN3O2. The van der Waals surface area contributed by atoms with Crippen LogP contribution in [0, 0.1) is 5.82 Å². The molecule has 0 radical (unpaired) electrons. The number of rotatable bonds is 7. The summed E-state index contributed by atoms with van der Waals surface area (Å²) < 4.78 is 19.3. The molecule has 0 fully saturated rings. The second kappa shape index (κ2) is 7.82. The molecule has 6 heteroatoms. The van der Waals surface area contributed by atoms with Crippen LogP contribution in [0.3, 0.4) is 0 Å². The van der Waals surface area contributed by atoms with Gasteiger partial charge in [0.25, 0.3) is 0 Å². The van der Waals surface area contributed by atoms with Crippen molar-refractivity contribution in [1.29, 1.82) is 0 Å². The normalized spacial score (nSPS) is 10.7. The molecule has 1 heterocycles. The summed E-state index contributed by atoms with van der Waals surface area (Å²) in [6.07, 6.45) is 3.19. The molecule has 1 aromatic heterocycles. The van der Waals surface area contributed by atoms with Gasteiger partial charge in [0.2, 0.25) is 5.95 Å². The monoisotopic (exact) mass is 305 g/mol. The van der Waals surface area contributed by atoms with E-state index in [2.05, 4.69) is 9.97 Å². The molecule has 0 bridgehead atoms. The lowest BCUT2D eigenvalue weighted by molar-refractivity contribution is 0.205. The van der Waals surface area contributed by atoms with E-state index in [1.807, 2.05) is 11.8 Å². The number of ether oxygens (including phenoxy) is 1. The fourth-order valence-corrected chi connectivity index (χ4v) is 2.15. The number of likely N-dealkylation sites (N-methyl/N-ethyl adjacent to an activating group) is 1. The summed E-state index contributed by atoms with van der Waals surface area (Å²) in [6.45, 7) is 3.72. The summed E-state index contributed by atoms with van der Waals surface area (Å²) in [5, 5.41) is 9.13. The number of methoxy groups -OCH3 is 1. The zero-order valence-corrected chi connectivity index (χ0v) is 12.8. The Labute approximate surface area is 129 Å². The molecule has 0 aliphatic heterocycles. The smallest absolute Gasteiger partial charge is 0.225 e. The van der Waals surface area contributed by atoms with E-state index in [0.717, 1.165) is 6.54 Å². The van der Waals surface area contributed by atoms with E-state index in [1.165, 1.54) is 0 Å². The van der Waals surface area contributed by atoms with Gasteiger partial charge < -0.3 is 14.7 Å². The first kappa shape index (κ1) is 16.3. The number of aliphatic hydroxyl groups is 1. The Kier molecular flexibility index (Phi) is 5.80. The number of hydrogen-bond donors (Lipinski definition) is 1. The van der Waals surface area contributed by atoms with Crippen LogP contribution < -0.4 is 4.90 Å². The molecule has 2 aromatic rings. The quantitative estimate of drug-likeness (QED) is 0.850. The molecule has 0 atom stereocenters. The molecule has 0 saturated heterocycles. The molecule has 1 N–H and O–H groups in total. The molecule has 1 aromatic carbocycles. The lowest BCUT2D eigenvalue weighted by Crippen LogP contribution is -2.28. The van der Waals surface area contributed by atoms with Crippen LogP contribution in [-0.4, -0.2) is 41.9 Å². The lowest BCUT2D eigenvalue weighted by Gasteiger charge is -2.20. The van der Waals surface area contributed by atoms with Crippen molar-refractivity contribution in [1.82, 2.24) is 9.97 Å². The highest BCUT2D eigenvalue weighted by atomic mass is 19.1. The molecule has 2 rings (SSSR count). The summed E-state index contributed by atoms with van der Waals surface area (Å²) in [5.41, 5.74) is 1.23. The fraction of sp³-hybridized carbons (Fsp3) is 0.375. The van der Waals surface area contributed by atoms with E-state index in [0.29, 0.717) is 30.2 Å². The van der Waals surface area contributed by atoms with E-state index in [1.54, 1.807) is 37.7 Å². The van der Waals surface area contributed by atoms with Gasteiger partial charge in [-0.3, -0.25) is 0 Å². The highest BCUT2D eigenvalue weighted by molar-refractivity contribution is 5.63. The maximum atomic E-state index is 14.2. The van der Waals surface area contributed by atoms with Gasteiger partial charge in [-0.1, -0.05) is 18.2 Å². The summed E-state index contributed by atoms with van der Waals surface area (Å²) >= 11 is 0. The number of aromatic nitrogens is 2. The summed E-state index contributed by atoms with van der Waals surface area (Å²) in [4.78, 5) is 10.6. The highest BCUT2D eigenvalue weighted by Gasteiger charge is 2.12. The Bertz CT molecular complexity index is 605. The Morgan fingerprint density at radius 2 is 2.00 bits per heavy atom. The van der Waals surface area contributed by atoms with Crippen LogP contribution in [0.5, 0.6) is 0 Å². The minimum absolute atomic E-state index is 0.261. The molecule has 0 aliphatic carbocycles. The number of hydrogen-bond acceptors (Lipinski definition) is 5. The van der Waals surface area contributed by atoms with Gasteiger partial charge >= 0.3 is 0 Å². The standard InChI is InChI=1S/C16H20FN3O2/c1-3-20(7-8-22-2)16-18-9-13(10-19-16)14-6-4-5-12(11-21)15(14)17/h4-6,9-10,21H,3,7-8,11H2,1-2H3. The first-order valence-corrected chi connectivity index (χ1v) is 7.15. The third-order valence-electron chi connectivity index (χ3n) is 3.43. The number of aliphatic hydroxyl groups excluding tert-OH is 1. The first-order valence-electron chi connectivity index (χ1n) is 7.15. The van der Waals surface area contributed by atoms with Gasteiger partial charge in [-0.25, -0.2) is 14.4 Å². The molecule has 0 saturated carbocycles. The summed E-state index contributed by atoms with van der Waals surface area (Å²) in [5.74, 6) is 0.148. The Morgan fingerprint density at radius 1 is 1.27 bits per heavy atom. The summed E-state index contributed by atoms with van der Waals surface area (Å²) in [7, 11) is 1.65. The molecule has 22 heavy (non-hydrogen) atoms. The fourth-order valence-electron chi connectivity index (χ4n) is 2.15. The summed E-state index contributed by atoms with van der Waals surface area (Å²) in [6, 6.07) is 4.90. The first-order chi connectivity index (χ1) is 10.7. The predicted molar refractivity (Wildman–Crippen MR) is 83.1 cm³/mol. The van der Waals surface area contributed by atoms with E-state index < -0.39 is 5.82 Å². The number of anilines is 1. The molecular weight excluding hydrogens is 285 g/mol. The van der Waals surface area contributed by atoms with Gasteiger partial charge in [0, 0.05) is 49.3 Å². The van der Waals surface area contributed by atoms with Gasteiger partial charge in [-0.05, 0) is 6.92 Å². The highest BCUT2D eigenvalue weighted by Crippen LogP contribution is 2.24. The van der Waals surface area contributed by atoms with Crippen molar-refractivity contribution < 1.29 is 14.2 Å². The topological polar surface area (TPSA) is 58.5 Å². The van der Waals surface area contributed by atoms with E-state index >= 15 is 0 Å². The molecule has 0 unspecified atom stereocenters. The van der Waals surface area contributed by atoms with Crippen LogP contribution in [0.1, 0.15) is 12.5 Å². The van der Waals surface area contributed by atoms with E-state index in [9.17, 15) is 4.39 Å². The van der Waals surface area contributed by atoms with Crippen molar-refractivity contribution in [2.75, 3.05) is 31.7 Å². The Morgan fingerprint density at radius 3 is 2.59 bits per heavy atom. The van der Waals surface area contributed by atoms with Crippen LogP contribution >= 0.6 is 0 Å². The van der Waals surface area contributed by atoms with Crippen molar-refractivity contribution in [2.45, 2.75) is 13.5 Å². The Balaban J connectivity index is 2.25. The van der Waals surface area contributed by atoms with Crippen molar-refractivity contribution in [3.63, 3.8) is 0 Å². The second-order valence-corrected chi connectivity index (χ2v) is 4.78. The zero-order valence-electron chi connectivity index (χ0n) is 12.8. The van der Waals surface area contributed by atoms with Gasteiger partial charge in [0.15, 0.2) is 0 Å². The SMILES string of the molecule is CCN(CCOC)c1ncc(-c2cccc(CO)c2F)cn1. The van der Waals surface area contributed by atoms with E-state index in [4.69, 9.17) is 9.84 Å². The molecule has 0 aliphatic rings. The van der Waals surface area contributed by atoms with Crippen LogP contribution in [-0.2, 0) is 11.3 Å². The average molecular weight is 305 g/mol. The molecule has 118 valence electrons. The van der Waals surface area contributed by atoms with Crippen molar-refractivity contribution in [3.8, 4) is 11.1 Å². The zero-order chi connectivity index (χ0) is 15.9. The lowest BCUT2D eigenvalue weighted by atomic mass is 10.1. The van der Waals surface area contributed by atoms with Crippen LogP contribution in [0.2, 0.25) is 0 Å². The van der Waals surface area contributed by atoms with Crippen molar-refractivity contribution in [3.05, 3.63) is 42.0 Å². The molecule has 0 amide bonds. The van der Waals surface area contributed by atoms with Crippen LogP contribution in [0.15, 0.2) is 30.6 Å². The van der Waals surface area contributed by atoms with Crippen LogP contribution in [0.4, 0.5) is 10.3 Å². The maximum Gasteiger partial charge on any atom is 0.225 e. The number of halogens is 1. The molecule has 5 nitrogen and oxygen atoms in total. The third kappa shape index (κ3) is 3.58. The van der Waals surface area contributed by atoms with Gasteiger partial charge in [0.05, 0.1) is 13.2 Å². The van der Waals surface area contributed by atoms with E-state index in [-0.39, 0.29) is 12.2 Å². The Hall–Kier alpha value is -2.05. The third-order valence-corrected chi connectivity index (χ3v) is 3.43. The number of benzene rings is 1. The maximum absolute atomic E-state index is 14.2. The molecule has 0 spiro atoms. The minimum Gasteiger partial charge on any atom is -0.392 e. The number of nitrogens with zero attached hydrogens (tertiary/aromatic N) is 3. The predicted octanol–water partition coefficient (Wildman–Crippen LogP) is 2.25. The average Bonchev–Trinajstić information content (AvgIpc) is 2.56. The minimum atomic E-state index is -0.437. The van der Waals surface area contributed by atoms with Crippen LogP contribution in [0.25, 0.3) is 11.1 Å². The van der Waals surface area contributed by atoms with Crippen molar-refractivity contribution >= 4 is 5.95 Å². The van der Waals surface area contributed by atoms with Gasteiger partial charge in [0.1, 0.15) is 5.82 Å². The second-order valence-electron chi connectivity index (χ2n) is 4.78. The van der Waals surface area contributed by atoms with Crippen molar-refractivity contribution in [2.24, 2.45) is 0 Å².